The lowest BCUT2D eigenvalue weighted by Gasteiger charge is -2.28. The molecule has 4 unspecified atom stereocenters. The van der Waals surface area contributed by atoms with Crippen molar-refractivity contribution in [2.75, 3.05) is 6.61 Å². The van der Waals surface area contributed by atoms with Gasteiger partial charge in [-0.2, -0.15) is 8.62 Å². The summed E-state index contributed by atoms with van der Waals surface area (Å²) in [5.41, 5.74) is -1.72. The Labute approximate surface area is 189 Å². The van der Waals surface area contributed by atoms with Crippen molar-refractivity contribution >= 4 is 35.1 Å². The molecule has 0 spiro atoms. The van der Waals surface area contributed by atoms with Crippen LogP contribution >= 0.6 is 35.1 Å². The van der Waals surface area contributed by atoms with Crippen LogP contribution in [0.25, 0.3) is 0 Å². The van der Waals surface area contributed by atoms with Gasteiger partial charge in [-0.05, 0) is 6.92 Å². The molecule has 20 heteroatoms. The maximum Gasteiger partial charge on any atom is 0.490 e. The minimum absolute atomic E-state index is 0.744. The molecule has 1 fully saturated rings. The molecule has 186 valence electrons. The molecule has 33 heavy (non-hydrogen) atoms. The van der Waals surface area contributed by atoms with Gasteiger partial charge in [0.15, 0.2) is 11.1 Å². The number of ether oxygens (including phenoxy) is 1. The molecule has 2 heterocycles. The predicted molar refractivity (Wildman–Crippen MR) is 108 cm³/mol. The second kappa shape index (κ2) is 9.85. The highest BCUT2D eigenvalue weighted by atomic mass is 35.5. The van der Waals surface area contributed by atoms with Crippen molar-refractivity contribution in [2.24, 2.45) is 5.92 Å². The summed E-state index contributed by atoms with van der Waals surface area (Å²) in [7, 11) is -16.9. The van der Waals surface area contributed by atoms with Crippen LogP contribution in [0, 0.1) is 18.3 Å². The Balaban J connectivity index is 2.33. The van der Waals surface area contributed by atoms with E-state index in [1.54, 1.807) is 0 Å². The first-order valence-corrected chi connectivity index (χ1v) is 13.4. The topological polar surface area (TPSA) is 244 Å². The highest BCUT2D eigenvalue weighted by Crippen LogP contribution is 2.67. The van der Waals surface area contributed by atoms with E-state index in [1.165, 1.54) is 0 Å². The van der Waals surface area contributed by atoms with Gasteiger partial charge in [0.25, 0.3) is 5.56 Å². The van der Waals surface area contributed by atoms with Crippen LogP contribution in [0.4, 0.5) is 0 Å². The van der Waals surface area contributed by atoms with Gasteiger partial charge in [-0.1, -0.05) is 17.5 Å². The molecule has 1 aliphatic rings. The minimum Gasteiger partial charge on any atom is -0.396 e. The lowest BCUT2D eigenvalue weighted by molar-refractivity contribution is -0.0666. The number of nitrogens with one attached hydrogen (secondary N) is 1. The SMILES string of the molecule is C#CC1(Cl)C(CO)[C@@H]([C@H](C)OP(=O)(O)OP(=O)(O)OP(=O)(O)O)O[C@H]1n1ccc(=O)[nH]c1=O. The van der Waals surface area contributed by atoms with Gasteiger partial charge in [0, 0.05) is 18.2 Å². The fraction of sp³-hybridized carbons (Fsp3) is 0.538. The Kier molecular flexibility index (Phi) is 8.39. The molecule has 1 aliphatic heterocycles. The number of aliphatic hydroxyl groups is 1. The normalized spacial score (nSPS) is 30.2. The summed E-state index contributed by atoms with van der Waals surface area (Å²) in [6.45, 7) is 0.286. The second-order valence-electron chi connectivity index (χ2n) is 6.57. The largest absolute Gasteiger partial charge is 0.490 e. The van der Waals surface area contributed by atoms with Gasteiger partial charge in [-0.3, -0.25) is 18.9 Å². The summed E-state index contributed by atoms with van der Waals surface area (Å²) < 4.78 is 52.7. The van der Waals surface area contributed by atoms with Gasteiger partial charge < -0.3 is 29.4 Å². The van der Waals surface area contributed by atoms with E-state index in [4.69, 9.17) is 37.1 Å². The van der Waals surface area contributed by atoms with Crippen LogP contribution in [0.3, 0.4) is 0 Å². The molecule has 0 radical (unpaired) electrons. The van der Waals surface area contributed by atoms with Gasteiger partial charge in [0.1, 0.15) is 0 Å². The fourth-order valence-electron chi connectivity index (χ4n) is 3.07. The predicted octanol–water partition coefficient (Wildman–Crippen LogP) is -0.615. The van der Waals surface area contributed by atoms with Crippen LogP contribution in [0.2, 0.25) is 0 Å². The number of nitrogens with zero attached hydrogens (tertiary/aromatic N) is 1. The van der Waals surface area contributed by atoms with Gasteiger partial charge in [0.2, 0.25) is 0 Å². The Hall–Kier alpha value is -1.14. The summed E-state index contributed by atoms with van der Waals surface area (Å²) in [5, 5.41) is 9.83. The number of rotatable bonds is 9. The molecular formula is C13H18ClN2O14P3. The maximum absolute atomic E-state index is 12.2. The van der Waals surface area contributed by atoms with Gasteiger partial charge >= 0.3 is 29.2 Å². The number of aliphatic hydroxyl groups excluding tert-OH is 1. The van der Waals surface area contributed by atoms with Gasteiger partial charge in [-0.15, -0.1) is 6.42 Å². The molecule has 0 saturated carbocycles. The standard InChI is InChI=1S/C13H18ClN2O14P3/c1-3-13(14)8(6-17)10(27-11(13)16-5-4-9(18)15-12(16)19)7(2)28-32(23,24)30-33(25,26)29-31(20,21)22/h1,4-5,7-8,10-11,17H,6H2,2H3,(H,23,24)(H,25,26)(H,15,18,19)(H2,20,21,22)/t7-,8?,10+,11+,13?/m0/s1. The molecular weight excluding hydrogens is 537 g/mol. The second-order valence-corrected chi connectivity index (χ2v) is 11.6. The van der Waals surface area contributed by atoms with Gasteiger partial charge in [-0.25, -0.2) is 18.5 Å². The highest BCUT2D eigenvalue weighted by Gasteiger charge is 2.58. The van der Waals surface area contributed by atoms with Crippen molar-refractivity contribution < 1.29 is 56.3 Å². The molecule has 7 atom stereocenters. The molecule has 16 nitrogen and oxygen atoms in total. The number of aromatic amines is 1. The number of phosphoric ester groups is 1. The lowest BCUT2D eigenvalue weighted by Crippen LogP contribution is -2.43. The van der Waals surface area contributed by atoms with E-state index >= 15 is 0 Å². The molecule has 1 aromatic heterocycles. The third-order valence-electron chi connectivity index (χ3n) is 4.28. The Morgan fingerprint density at radius 1 is 1.27 bits per heavy atom. The van der Waals surface area contributed by atoms with E-state index in [0.717, 1.165) is 23.8 Å². The minimum atomic E-state index is -5.78. The Bertz CT molecular complexity index is 1190. The first-order valence-electron chi connectivity index (χ1n) is 8.51. The quantitative estimate of drug-likeness (QED) is 0.127. The van der Waals surface area contributed by atoms with Crippen molar-refractivity contribution in [3.63, 3.8) is 0 Å². The number of hydrogen-bond donors (Lipinski definition) is 6. The summed E-state index contributed by atoms with van der Waals surface area (Å²) in [6.07, 6.45) is 1.92. The average Bonchev–Trinajstić information content (AvgIpc) is 2.91. The average molecular weight is 555 g/mol. The first kappa shape index (κ1) is 28.1. The zero-order valence-corrected chi connectivity index (χ0v) is 19.8. The van der Waals surface area contributed by atoms with Crippen LogP contribution in [0.5, 0.6) is 0 Å². The number of hydrogen-bond acceptors (Lipinski definition) is 10. The molecule has 1 aromatic rings. The fourth-order valence-corrected chi connectivity index (χ4v) is 6.62. The number of H-pyrrole nitrogens is 1. The lowest BCUT2D eigenvalue weighted by atomic mass is 9.87. The smallest absolute Gasteiger partial charge is 0.396 e. The van der Waals surface area contributed by atoms with Crippen LogP contribution in [0.1, 0.15) is 13.2 Å². The van der Waals surface area contributed by atoms with E-state index in [9.17, 15) is 38.2 Å². The Morgan fingerprint density at radius 3 is 2.36 bits per heavy atom. The zero-order chi connectivity index (χ0) is 25.4. The van der Waals surface area contributed by atoms with Crippen molar-refractivity contribution in [1.29, 1.82) is 0 Å². The van der Waals surface area contributed by atoms with Crippen molar-refractivity contribution in [3.8, 4) is 12.3 Å². The number of terminal acetylenes is 1. The van der Waals surface area contributed by atoms with E-state index in [2.05, 4.69) is 14.5 Å². The number of phosphoric acid groups is 3. The zero-order valence-electron chi connectivity index (χ0n) is 16.3. The monoisotopic (exact) mass is 554 g/mol. The maximum atomic E-state index is 12.2. The van der Waals surface area contributed by atoms with Crippen LogP contribution in [-0.4, -0.2) is 57.9 Å². The van der Waals surface area contributed by atoms with Gasteiger partial charge in [0.05, 0.1) is 18.8 Å². The highest BCUT2D eigenvalue weighted by molar-refractivity contribution is 7.66. The molecule has 0 aromatic carbocycles. The summed E-state index contributed by atoms with van der Waals surface area (Å²) in [4.78, 5) is 59.6. The number of alkyl halides is 1. The summed E-state index contributed by atoms with van der Waals surface area (Å²) in [6, 6.07) is 0.954. The van der Waals surface area contributed by atoms with Crippen molar-refractivity contribution in [2.45, 2.75) is 30.2 Å². The van der Waals surface area contributed by atoms with E-state index in [-0.39, 0.29) is 0 Å². The molecule has 2 rings (SSSR count). The first-order chi connectivity index (χ1) is 14.9. The third-order valence-corrected chi connectivity index (χ3v) is 8.78. The Morgan fingerprint density at radius 2 is 1.88 bits per heavy atom. The van der Waals surface area contributed by atoms with E-state index in [0.29, 0.717) is 0 Å². The van der Waals surface area contributed by atoms with E-state index in [1.807, 2.05) is 4.98 Å². The van der Waals surface area contributed by atoms with Crippen LogP contribution in [-0.2, 0) is 31.6 Å². The van der Waals surface area contributed by atoms with Crippen LogP contribution < -0.4 is 11.2 Å². The van der Waals surface area contributed by atoms with Crippen molar-refractivity contribution in [3.05, 3.63) is 33.1 Å². The molecule has 0 bridgehead atoms. The molecule has 1 saturated heterocycles. The summed E-state index contributed by atoms with van der Waals surface area (Å²) >= 11 is 6.44. The van der Waals surface area contributed by atoms with Crippen molar-refractivity contribution in [1.82, 2.24) is 9.55 Å². The van der Waals surface area contributed by atoms with Crippen LogP contribution in [0.15, 0.2) is 21.9 Å². The third kappa shape index (κ3) is 6.72. The summed E-state index contributed by atoms with van der Waals surface area (Å²) in [5.74, 6) is 0.894. The molecule has 6 N–H and O–H groups in total. The number of aromatic nitrogens is 2. The van der Waals surface area contributed by atoms with E-state index < -0.39 is 70.6 Å². The molecule has 0 aliphatic carbocycles. The number of halogens is 1. The molecule has 0 amide bonds.